The number of Topliss-reactive ketones (excluding diaryl/α,β-unsaturated/α-hetero) is 1. The highest BCUT2D eigenvalue weighted by atomic mass is 32.1. The van der Waals surface area contributed by atoms with Crippen LogP contribution in [0, 0.1) is 20.8 Å². The zero-order chi connectivity index (χ0) is 28.3. The summed E-state index contributed by atoms with van der Waals surface area (Å²) in [5.74, 6) is -1.82. The van der Waals surface area contributed by atoms with Gasteiger partial charge in [-0.1, -0.05) is 49.7 Å². The highest BCUT2D eigenvalue weighted by molar-refractivity contribution is 7.17. The van der Waals surface area contributed by atoms with Gasteiger partial charge in [0.2, 0.25) is 5.78 Å². The van der Waals surface area contributed by atoms with Crippen LogP contribution in [-0.4, -0.2) is 46.5 Å². The van der Waals surface area contributed by atoms with Gasteiger partial charge < -0.3 is 14.6 Å². The Bertz CT molecular complexity index is 1420. The smallest absolute Gasteiger partial charge is 0.350 e. The van der Waals surface area contributed by atoms with Gasteiger partial charge in [-0.3, -0.25) is 14.5 Å². The lowest BCUT2D eigenvalue weighted by atomic mass is 9.95. The number of aliphatic hydroxyl groups excluding tert-OH is 1. The quantitative estimate of drug-likeness (QED) is 0.168. The van der Waals surface area contributed by atoms with E-state index in [2.05, 4.69) is 16.9 Å². The summed E-state index contributed by atoms with van der Waals surface area (Å²) in [5, 5.41) is 11.9. The number of benzene rings is 1. The fraction of sp³-hybridized carbons (Fsp3) is 0.393. The van der Waals surface area contributed by atoms with Gasteiger partial charge in [-0.15, -0.1) is 11.3 Å². The summed E-state index contributed by atoms with van der Waals surface area (Å²) in [5.41, 5.74) is 1.43. The van der Waals surface area contributed by atoms with E-state index in [1.54, 1.807) is 45.0 Å². The van der Waals surface area contributed by atoms with E-state index < -0.39 is 29.5 Å². The molecule has 3 heterocycles. The summed E-state index contributed by atoms with van der Waals surface area (Å²) in [6.07, 6.45) is 4.36. The Labute approximate surface area is 235 Å². The number of carbonyl (C=O) groups is 3. The summed E-state index contributed by atoms with van der Waals surface area (Å²) in [4.78, 5) is 50.1. The maximum absolute atomic E-state index is 13.8. The summed E-state index contributed by atoms with van der Waals surface area (Å²) < 4.78 is 10.7. The van der Waals surface area contributed by atoms with Crippen LogP contribution in [0.3, 0.4) is 0 Å². The van der Waals surface area contributed by atoms with E-state index in [-0.39, 0.29) is 15.6 Å². The van der Waals surface area contributed by atoms with Crippen molar-refractivity contribution in [1.29, 1.82) is 0 Å². The van der Waals surface area contributed by atoms with E-state index >= 15 is 0 Å². The van der Waals surface area contributed by atoms with Crippen LogP contribution in [0.25, 0.3) is 0 Å². The summed E-state index contributed by atoms with van der Waals surface area (Å²) in [7, 11) is 1.27. The molecule has 4 rings (SSSR count). The standard InChI is InChI=1S/C28H31N3O6S2/c1-6-7-8-9-14-37-19-12-10-18(11-13-19)21-20(22(32)24-15(2)29-17(4)38-24)23(33)26(34)31(21)28-30-16(3)25(39-28)27(35)36-5/h10-13,21,33H,6-9,14H2,1-5H3. The maximum atomic E-state index is 13.8. The first-order valence-corrected chi connectivity index (χ1v) is 14.3. The van der Waals surface area contributed by atoms with Crippen molar-refractivity contribution in [2.24, 2.45) is 0 Å². The number of nitrogens with zero attached hydrogens (tertiary/aromatic N) is 3. The SMILES string of the molecule is CCCCCCOc1ccc(C2C(C(=O)c3sc(C)nc3C)=C(O)C(=O)N2c2nc(C)c(C(=O)OC)s2)cc1. The largest absolute Gasteiger partial charge is 0.503 e. The molecular formula is C28H31N3O6S2. The number of ketones is 1. The van der Waals surface area contributed by atoms with Gasteiger partial charge in [0.15, 0.2) is 10.9 Å². The number of anilines is 1. The molecule has 9 nitrogen and oxygen atoms in total. The average molecular weight is 570 g/mol. The van der Waals surface area contributed by atoms with Gasteiger partial charge in [-0.05, 0) is 44.9 Å². The molecule has 39 heavy (non-hydrogen) atoms. The Morgan fingerprint density at radius 2 is 1.69 bits per heavy atom. The maximum Gasteiger partial charge on any atom is 0.350 e. The lowest BCUT2D eigenvalue weighted by Gasteiger charge is -2.24. The molecule has 0 radical (unpaired) electrons. The molecule has 0 aliphatic carbocycles. The van der Waals surface area contributed by atoms with E-state index in [0.29, 0.717) is 39.2 Å². The van der Waals surface area contributed by atoms with Crippen LogP contribution >= 0.6 is 22.7 Å². The number of esters is 1. The molecule has 2 aromatic heterocycles. The topological polar surface area (TPSA) is 119 Å². The molecule has 0 saturated heterocycles. The third kappa shape index (κ3) is 5.74. The summed E-state index contributed by atoms with van der Waals surface area (Å²) in [6, 6.07) is 6.13. The lowest BCUT2D eigenvalue weighted by molar-refractivity contribution is -0.117. The number of methoxy groups -OCH3 is 1. The number of thiazole rings is 2. The molecule has 0 saturated carbocycles. The Hall–Kier alpha value is -3.57. The minimum Gasteiger partial charge on any atom is -0.503 e. The third-order valence-corrected chi connectivity index (χ3v) is 8.60. The van der Waals surface area contributed by atoms with Crippen molar-refractivity contribution in [2.45, 2.75) is 59.4 Å². The molecule has 206 valence electrons. The van der Waals surface area contributed by atoms with Crippen LogP contribution in [0.1, 0.15) is 80.0 Å². The number of carbonyl (C=O) groups excluding carboxylic acids is 3. The molecule has 1 atom stereocenters. The van der Waals surface area contributed by atoms with Gasteiger partial charge in [-0.2, -0.15) is 0 Å². The van der Waals surface area contributed by atoms with Crippen LogP contribution in [0.5, 0.6) is 5.75 Å². The fourth-order valence-corrected chi connectivity index (χ4v) is 6.33. The first kappa shape index (κ1) is 28.4. The fourth-order valence-electron chi connectivity index (χ4n) is 4.45. The predicted molar refractivity (Wildman–Crippen MR) is 150 cm³/mol. The van der Waals surface area contributed by atoms with Crippen molar-refractivity contribution < 1.29 is 29.0 Å². The molecule has 0 spiro atoms. The van der Waals surface area contributed by atoms with E-state index in [1.165, 1.54) is 23.3 Å². The zero-order valence-electron chi connectivity index (χ0n) is 22.6. The van der Waals surface area contributed by atoms with Crippen LogP contribution in [0.15, 0.2) is 35.6 Å². The molecule has 0 fully saturated rings. The third-order valence-electron chi connectivity index (χ3n) is 6.39. The molecule has 1 N–H and O–H groups in total. The molecule has 3 aromatic rings. The van der Waals surface area contributed by atoms with Crippen LogP contribution in [-0.2, 0) is 9.53 Å². The van der Waals surface area contributed by atoms with Crippen molar-refractivity contribution >= 4 is 45.5 Å². The molecule has 1 unspecified atom stereocenters. The van der Waals surface area contributed by atoms with Gasteiger partial charge in [0.25, 0.3) is 5.91 Å². The van der Waals surface area contributed by atoms with E-state index in [0.717, 1.165) is 37.0 Å². The first-order valence-electron chi connectivity index (χ1n) is 12.7. The Kier molecular flexibility index (Phi) is 8.81. The number of amides is 1. The number of hydrogen-bond donors (Lipinski definition) is 1. The number of hydrogen-bond acceptors (Lipinski definition) is 10. The van der Waals surface area contributed by atoms with Crippen molar-refractivity contribution in [3.8, 4) is 5.75 Å². The number of aliphatic hydroxyl groups is 1. The van der Waals surface area contributed by atoms with Crippen molar-refractivity contribution in [2.75, 3.05) is 18.6 Å². The van der Waals surface area contributed by atoms with Gasteiger partial charge in [-0.25, -0.2) is 14.8 Å². The number of aromatic nitrogens is 2. The van der Waals surface area contributed by atoms with Crippen molar-refractivity contribution in [3.05, 3.63) is 67.3 Å². The lowest BCUT2D eigenvalue weighted by Crippen LogP contribution is -2.31. The second-order valence-electron chi connectivity index (χ2n) is 9.20. The molecular weight excluding hydrogens is 538 g/mol. The first-order chi connectivity index (χ1) is 18.7. The molecule has 0 bridgehead atoms. The minimum absolute atomic E-state index is 0.0625. The van der Waals surface area contributed by atoms with Gasteiger partial charge in [0.05, 0.1) is 46.6 Å². The average Bonchev–Trinajstić information content (AvgIpc) is 3.55. The number of unbranched alkanes of at least 4 members (excludes halogenated alkanes) is 3. The highest BCUT2D eigenvalue weighted by Crippen LogP contribution is 2.44. The predicted octanol–water partition coefficient (Wildman–Crippen LogP) is 6.05. The van der Waals surface area contributed by atoms with Crippen LogP contribution in [0.4, 0.5) is 5.13 Å². The highest BCUT2D eigenvalue weighted by Gasteiger charge is 2.46. The van der Waals surface area contributed by atoms with Crippen LogP contribution in [0.2, 0.25) is 0 Å². The number of rotatable bonds is 11. The van der Waals surface area contributed by atoms with Gasteiger partial charge in [0.1, 0.15) is 10.6 Å². The second kappa shape index (κ2) is 12.1. The molecule has 1 aliphatic heterocycles. The Morgan fingerprint density at radius 3 is 2.31 bits per heavy atom. The summed E-state index contributed by atoms with van der Waals surface area (Å²) in [6.45, 7) is 7.90. The second-order valence-corrected chi connectivity index (χ2v) is 11.4. The summed E-state index contributed by atoms with van der Waals surface area (Å²) >= 11 is 2.17. The number of aryl methyl sites for hydroxylation is 3. The Morgan fingerprint density at radius 1 is 1.00 bits per heavy atom. The molecule has 1 aromatic carbocycles. The molecule has 1 amide bonds. The number of ether oxygens (including phenoxy) is 2. The van der Waals surface area contributed by atoms with Crippen molar-refractivity contribution in [1.82, 2.24) is 9.97 Å². The van der Waals surface area contributed by atoms with Gasteiger partial charge >= 0.3 is 5.97 Å². The minimum atomic E-state index is -0.971. The van der Waals surface area contributed by atoms with Crippen LogP contribution < -0.4 is 9.64 Å². The van der Waals surface area contributed by atoms with E-state index in [4.69, 9.17) is 9.47 Å². The monoisotopic (exact) mass is 569 g/mol. The van der Waals surface area contributed by atoms with E-state index in [1.807, 2.05) is 0 Å². The van der Waals surface area contributed by atoms with Crippen molar-refractivity contribution in [3.63, 3.8) is 0 Å². The van der Waals surface area contributed by atoms with E-state index in [9.17, 15) is 19.5 Å². The zero-order valence-corrected chi connectivity index (χ0v) is 24.2. The molecule has 11 heteroatoms. The Balaban J connectivity index is 1.74. The normalized spacial score (nSPS) is 15.3. The molecule has 1 aliphatic rings. The van der Waals surface area contributed by atoms with Gasteiger partial charge in [0, 0.05) is 0 Å².